The number of benzene rings is 2. The number of nitrogen functional groups attached to an aromatic ring is 1. The highest BCUT2D eigenvalue weighted by Gasteiger charge is 2.31. The number of aromatic nitrogens is 1. The number of piperidine rings is 1. The van der Waals surface area contributed by atoms with Crippen molar-refractivity contribution in [2.45, 2.75) is 39.7 Å². The Morgan fingerprint density at radius 1 is 1.15 bits per heavy atom. The SMILES string of the molecule is CCN(CC)C(=O)C1CCCN(C(=O)c2ccc(-c3cnc(N)c(OC(C)c4c(Cl)ccc(F)c4Cl)c3)cc2)C1. The van der Waals surface area contributed by atoms with E-state index in [1.807, 2.05) is 30.9 Å². The molecule has 1 fully saturated rings. The summed E-state index contributed by atoms with van der Waals surface area (Å²) in [6.07, 6.45) is 2.51. The summed E-state index contributed by atoms with van der Waals surface area (Å²) in [6, 6.07) is 11.5. The van der Waals surface area contributed by atoms with Gasteiger partial charge in [0.1, 0.15) is 11.9 Å². The quantitative estimate of drug-likeness (QED) is 0.299. The van der Waals surface area contributed by atoms with Gasteiger partial charge in [-0.15, -0.1) is 0 Å². The fourth-order valence-electron chi connectivity index (χ4n) is 5.02. The van der Waals surface area contributed by atoms with Crippen LogP contribution in [0.25, 0.3) is 11.1 Å². The van der Waals surface area contributed by atoms with Crippen LogP contribution in [0.5, 0.6) is 5.75 Å². The van der Waals surface area contributed by atoms with Crippen LogP contribution >= 0.6 is 23.2 Å². The van der Waals surface area contributed by atoms with Crippen molar-refractivity contribution in [2.24, 2.45) is 5.92 Å². The van der Waals surface area contributed by atoms with Crippen LogP contribution in [0.3, 0.4) is 0 Å². The molecule has 0 spiro atoms. The van der Waals surface area contributed by atoms with Crippen molar-refractivity contribution in [3.05, 3.63) is 75.7 Å². The molecule has 1 aliphatic heterocycles. The molecule has 2 amide bonds. The predicted molar refractivity (Wildman–Crippen MR) is 156 cm³/mol. The third-order valence-electron chi connectivity index (χ3n) is 7.27. The first-order valence-electron chi connectivity index (χ1n) is 13.4. The van der Waals surface area contributed by atoms with E-state index >= 15 is 0 Å². The Morgan fingerprint density at radius 3 is 2.52 bits per heavy atom. The molecule has 0 bridgehead atoms. The second-order valence-electron chi connectivity index (χ2n) is 9.80. The van der Waals surface area contributed by atoms with Gasteiger partial charge in [-0.1, -0.05) is 35.3 Å². The molecule has 10 heteroatoms. The first-order chi connectivity index (χ1) is 19.1. The average Bonchev–Trinajstić information content (AvgIpc) is 2.96. The number of rotatable bonds is 8. The molecule has 2 heterocycles. The standard InChI is InChI=1S/C30H33Cl2FN4O3/c1-4-36(5-2)30(39)21-7-6-14-37(17-21)29(38)20-10-8-19(9-11-20)22-15-25(28(34)35-16-22)40-18(3)26-23(31)12-13-24(33)27(26)32/h8-13,15-16,18,21H,4-7,14,17H2,1-3H3,(H2,34,35). The Balaban J connectivity index is 1.49. The fourth-order valence-corrected chi connectivity index (χ4v) is 5.69. The number of ether oxygens (including phenoxy) is 1. The number of nitrogens with zero attached hydrogens (tertiary/aromatic N) is 3. The highest BCUT2D eigenvalue weighted by molar-refractivity contribution is 6.36. The molecule has 4 rings (SSSR count). The van der Waals surface area contributed by atoms with Gasteiger partial charge in [0.05, 0.1) is 10.9 Å². The van der Waals surface area contributed by atoms with Gasteiger partial charge >= 0.3 is 0 Å². The van der Waals surface area contributed by atoms with Crippen molar-refractivity contribution in [2.75, 3.05) is 31.9 Å². The summed E-state index contributed by atoms with van der Waals surface area (Å²) in [5.74, 6) is -0.301. The van der Waals surface area contributed by atoms with Gasteiger partial charge in [0.25, 0.3) is 5.91 Å². The minimum atomic E-state index is -0.697. The molecule has 0 aliphatic carbocycles. The molecule has 7 nitrogen and oxygen atoms in total. The number of carbonyl (C=O) groups is 2. The number of pyridine rings is 1. The van der Waals surface area contributed by atoms with Crippen LogP contribution in [-0.4, -0.2) is 52.8 Å². The largest absolute Gasteiger partial charge is 0.482 e. The lowest BCUT2D eigenvalue weighted by Gasteiger charge is -2.34. The molecule has 2 aromatic carbocycles. The average molecular weight is 588 g/mol. The van der Waals surface area contributed by atoms with Crippen molar-refractivity contribution in [1.82, 2.24) is 14.8 Å². The zero-order chi connectivity index (χ0) is 29.0. The van der Waals surface area contributed by atoms with Gasteiger partial charge < -0.3 is 20.3 Å². The van der Waals surface area contributed by atoms with Gasteiger partial charge in [0.2, 0.25) is 5.91 Å². The van der Waals surface area contributed by atoms with E-state index in [1.54, 1.807) is 36.2 Å². The van der Waals surface area contributed by atoms with Crippen molar-refractivity contribution in [3.63, 3.8) is 0 Å². The maximum atomic E-state index is 14.0. The number of halogens is 3. The smallest absolute Gasteiger partial charge is 0.253 e. The van der Waals surface area contributed by atoms with E-state index in [4.69, 9.17) is 33.7 Å². The van der Waals surface area contributed by atoms with Gasteiger partial charge in [-0.2, -0.15) is 0 Å². The third-order valence-corrected chi connectivity index (χ3v) is 7.98. The third kappa shape index (κ3) is 6.34. The van der Waals surface area contributed by atoms with E-state index in [0.29, 0.717) is 43.1 Å². The Morgan fingerprint density at radius 2 is 1.85 bits per heavy atom. The lowest BCUT2D eigenvalue weighted by molar-refractivity contribution is -0.136. The first kappa shape index (κ1) is 29.6. The molecular weight excluding hydrogens is 554 g/mol. The summed E-state index contributed by atoms with van der Waals surface area (Å²) in [5.41, 5.74) is 8.44. The number of carbonyl (C=O) groups excluding carboxylic acids is 2. The van der Waals surface area contributed by atoms with Crippen molar-refractivity contribution < 1.29 is 18.7 Å². The molecule has 0 radical (unpaired) electrons. The van der Waals surface area contributed by atoms with E-state index in [1.165, 1.54) is 12.1 Å². The zero-order valence-corrected chi connectivity index (χ0v) is 24.3. The fraction of sp³-hybridized carbons (Fsp3) is 0.367. The van der Waals surface area contributed by atoms with Crippen LogP contribution in [0.4, 0.5) is 10.2 Å². The Hall–Kier alpha value is -3.36. The molecule has 2 atom stereocenters. The molecule has 3 aromatic rings. The van der Waals surface area contributed by atoms with Crippen LogP contribution in [0, 0.1) is 11.7 Å². The Labute approximate surface area is 244 Å². The summed E-state index contributed by atoms with van der Waals surface area (Å²) >= 11 is 12.4. The van der Waals surface area contributed by atoms with Gasteiger partial charge in [-0.25, -0.2) is 9.37 Å². The number of anilines is 1. The molecule has 1 saturated heterocycles. The topological polar surface area (TPSA) is 88.8 Å². The van der Waals surface area contributed by atoms with Gasteiger partial charge in [-0.05, 0) is 69.5 Å². The molecule has 1 aliphatic rings. The van der Waals surface area contributed by atoms with Crippen LogP contribution < -0.4 is 10.5 Å². The molecule has 40 heavy (non-hydrogen) atoms. The van der Waals surface area contributed by atoms with Gasteiger partial charge in [-0.3, -0.25) is 9.59 Å². The van der Waals surface area contributed by atoms with Gasteiger partial charge in [0, 0.05) is 54.1 Å². The molecule has 0 saturated carbocycles. The maximum absolute atomic E-state index is 14.0. The molecule has 1 aromatic heterocycles. The lowest BCUT2D eigenvalue weighted by Crippen LogP contribution is -2.46. The Bertz CT molecular complexity index is 1380. The normalized spacial score (nSPS) is 15.9. The van der Waals surface area contributed by atoms with Crippen molar-refractivity contribution >= 4 is 40.8 Å². The van der Waals surface area contributed by atoms with Crippen LogP contribution in [-0.2, 0) is 4.79 Å². The molecule has 2 N–H and O–H groups in total. The van der Waals surface area contributed by atoms with E-state index < -0.39 is 11.9 Å². The van der Waals surface area contributed by atoms with E-state index in [2.05, 4.69) is 4.98 Å². The minimum Gasteiger partial charge on any atom is -0.482 e. The zero-order valence-electron chi connectivity index (χ0n) is 22.8. The summed E-state index contributed by atoms with van der Waals surface area (Å²) < 4.78 is 20.0. The molecular formula is C30H33Cl2FN4O3. The summed E-state index contributed by atoms with van der Waals surface area (Å²) in [4.78, 5) is 34.0. The number of amides is 2. The van der Waals surface area contributed by atoms with Crippen molar-refractivity contribution in [1.29, 1.82) is 0 Å². The minimum absolute atomic E-state index is 0.0966. The summed E-state index contributed by atoms with van der Waals surface area (Å²) in [7, 11) is 0. The van der Waals surface area contributed by atoms with Gasteiger partial charge in [0.15, 0.2) is 11.6 Å². The molecule has 2 unspecified atom stereocenters. The number of likely N-dealkylation sites (tertiary alicyclic amines) is 1. The van der Waals surface area contributed by atoms with Crippen LogP contribution in [0.2, 0.25) is 10.0 Å². The van der Waals surface area contributed by atoms with Crippen LogP contribution in [0.1, 0.15) is 55.6 Å². The van der Waals surface area contributed by atoms with E-state index in [0.717, 1.165) is 24.0 Å². The number of hydrogen-bond acceptors (Lipinski definition) is 5. The highest BCUT2D eigenvalue weighted by Crippen LogP contribution is 2.37. The summed E-state index contributed by atoms with van der Waals surface area (Å²) in [5, 5.41) is 0.166. The molecule has 212 valence electrons. The highest BCUT2D eigenvalue weighted by atomic mass is 35.5. The maximum Gasteiger partial charge on any atom is 0.253 e. The first-order valence-corrected chi connectivity index (χ1v) is 14.1. The number of nitrogens with two attached hydrogens (primary N) is 1. The van der Waals surface area contributed by atoms with E-state index in [-0.39, 0.29) is 33.6 Å². The number of hydrogen-bond donors (Lipinski definition) is 1. The van der Waals surface area contributed by atoms with Crippen LogP contribution in [0.15, 0.2) is 48.7 Å². The van der Waals surface area contributed by atoms with Crippen molar-refractivity contribution in [3.8, 4) is 16.9 Å². The summed E-state index contributed by atoms with van der Waals surface area (Å²) in [6.45, 7) is 8.02. The lowest BCUT2D eigenvalue weighted by atomic mass is 9.95. The van der Waals surface area contributed by atoms with E-state index in [9.17, 15) is 14.0 Å². The Kier molecular flexibility index (Phi) is 9.53. The predicted octanol–water partition coefficient (Wildman–Crippen LogP) is 6.64. The second kappa shape index (κ2) is 12.9. The second-order valence-corrected chi connectivity index (χ2v) is 10.6. The monoisotopic (exact) mass is 586 g/mol.